The molecule has 0 aliphatic rings. The van der Waals surface area contributed by atoms with Crippen molar-refractivity contribution < 1.29 is 18.0 Å². The zero-order valence-electron chi connectivity index (χ0n) is 11.7. The van der Waals surface area contributed by atoms with Gasteiger partial charge >= 0.3 is 0 Å². The molecule has 2 aromatic carbocycles. The maximum Gasteiger partial charge on any atom is 0.239 e. The maximum atomic E-state index is 13.4. The summed E-state index contributed by atoms with van der Waals surface area (Å²) in [5.41, 5.74) is 0.155. The molecule has 0 saturated heterocycles. The number of para-hydroxylation sites is 1. The van der Waals surface area contributed by atoms with Crippen LogP contribution in [0.4, 0.5) is 18.9 Å². The fourth-order valence-corrected chi connectivity index (χ4v) is 1.94. The van der Waals surface area contributed by atoms with Crippen LogP contribution < -0.4 is 10.6 Å². The lowest BCUT2D eigenvalue weighted by molar-refractivity contribution is -0.119. The van der Waals surface area contributed by atoms with Crippen molar-refractivity contribution in [1.29, 1.82) is 0 Å². The van der Waals surface area contributed by atoms with Crippen molar-refractivity contribution in [1.82, 2.24) is 5.32 Å². The average Bonchev–Trinajstić information content (AvgIpc) is 2.49. The van der Waals surface area contributed by atoms with Crippen LogP contribution in [0.3, 0.4) is 0 Å². The molecule has 2 aromatic rings. The molecule has 0 heterocycles. The minimum atomic E-state index is -0.765. The first-order chi connectivity index (χ1) is 10.6. The third-order valence-corrected chi connectivity index (χ3v) is 3.06. The van der Waals surface area contributed by atoms with Crippen molar-refractivity contribution >= 4 is 11.6 Å². The molecule has 0 fully saturated rings. The molecule has 116 valence electrons. The third kappa shape index (κ3) is 4.25. The van der Waals surface area contributed by atoms with E-state index in [4.69, 9.17) is 0 Å². The average molecular weight is 308 g/mol. The van der Waals surface area contributed by atoms with Gasteiger partial charge in [-0.05, 0) is 30.2 Å². The molecule has 3 nitrogen and oxygen atoms in total. The largest absolute Gasteiger partial charge is 0.371 e. The first kappa shape index (κ1) is 15.9. The van der Waals surface area contributed by atoms with Crippen molar-refractivity contribution in [2.24, 2.45) is 0 Å². The normalized spacial score (nSPS) is 10.3. The molecule has 1 amide bonds. The van der Waals surface area contributed by atoms with Gasteiger partial charge in [-0.15, -0.1) is 0 Å². The van der Waals surface area contributed by atoms with Crippen LogP contribution in [0.5, 0.6) is 0 Å². The monoisotopic (exact) mass is 308 g/mol. The Morgan fingerprint density at radius 3 is 2.23 bits per heavy atom. The van der Waals surface area contributed by atoms with Crippen LogP contribution in [0.25, 0.3) is 0 Å². The molecule has 0 radical (unpaired) electrons. The summed E-state index contributed by atoms with van der Waals surface area (Å²) in [6.45, 7) is -0.0314. The van der Waals surface area contributed by atoms with Crippen molar-refractivity contribution in [3.63, 3.8) is 0 Å². The predicted octanol–water partition coefficient (Wildman–Crippen LogP) is 2.87. The molecule has 6 heteroatoms. The van der Waals surface area contributed by atoms with Gasteiger partial charge in [-0.2, -0.15) is 0 Å². The SMILES string of the molecule is O=C(CNc1c(F)cccc1F)NCCc1ccccc1F. The lowest BCUT2D eigenvalue weighted by Crippen LogP contribution is -2.31. The van der Waals surface area contributed by atoms with Gasteiger partial charge in [-0.3, -0.25) is 4.79 Å². The number of carbonyl (C=O) groups excluding carboxylic acids is 1. The molecule has 0 aromatic heterocycles. The molecule has 0 aliphatic carbocycles. The molecule has 0 aliphatic heterocycles. The Hall–Kier alpha value is -2.50. The second-order valence-electron chi connectivity index (χ2n) is 4.64. The van der Waals surface area contributed by atoms with Gasteiger partial charge in [-0.25, -0.2) is 13.2 Å². The van der Waals surface area contributed by atoms with E-state index in [1.54, 1.807) is 18.2 Å². The van der Waals surface area contributed by atoms with E-state index >= 15 is 0 Å². The van der Waals surface area contributed by atoms with Gasteiger partial charge in [0.05, 0.1) is 6.54 Å². The zero-order valence-corrected chi connectivity index (χ0v) is 11.7. The first-order valence-electron chi connectivity index (χ1n) is 6.76. The second kappa shape index (κ2) is 7.49. The van der Waals surface area contributed by atoms with E-state index in [1.807, 2.05) is 0 Å². The second-order valence-corrected chi connectivity index (χ2v) is 4.64. The summed E-state index contributed by atoms with van der Waals surface area (Å²) in [5.74, 6) is -2.29. The van der Waals surface area contributed by atoms with E-state index in [0.717, 1.165) is 12.1 Å². The highest BCUT2D eigenvalue weighted by molar-refractivity contribution is 5.80. The van der Waals surface area contributed by atoms with Gasteiger partial charge in [0.15, 0.2) is 0 Å². The van der Waals surface area contributed by atoms with Crippen LogP contribution in [-0.2, 0) is 11.2 Å². The van der Waals surface area contributed by atoms with Gasteiger partial charge in [-0.1, -0.05) is 24.3 Å². The van der Waals surface area contributed by atoms with Crippen LogP contribution >= 0.6 is 0 Å². The predicted molar refractivity (Wildman–Crippen MR) is 78.0 cm³/mol. The molecule has 0 spiro atoms. The highest BCUT2D eigenvalue weighted by atomic mass is 19.1. The highest BCUT2D eigenvalue weighted by Crippen LogP contribution is 2.17. The molecule has 0 saturated carbocycles. The minimum Gasteiger partial charge on any atom is -0.371 e. The molecule has 0 unspecified atom stereocenters. The summed E-state index contributed by atoms with van der Waals surface area (Å²) in [6.07, 6.45) is 0.340. The smallest absolute Gasteiger partial charge is 0.239 e. The number of benzene rings is 2. The summed E-state index contributed by atoms with van der Waals surface area (Å²) < 4.78 is 40.0. The van der Waals surface area contributed by atoms with Crippen molar-refractivity contribution in [2.75, 3.05) is 18.4 Å². The fourth-order valence-electron chi connectivity index (χ4n) is 1.94. The molecule has 2 N–H and O–H groups in total. The Kier molecular flexibility index (Phi) is 5.41. The third-order valence-electron chi connectivity index (χ3n) is 3.06. The van der Waals surface area contributed by atoms with E-state index in [0.29, 0.717) is 12.0 Å². The standard InChI is InChI=1S/C16H15F3N2O/c17-12-5-2-1-4-11(12)8-9-20-15(22)10-21-16-13(18)6-3-7-14(16)19/h1-7,21H,8-10H2,(H,20,22). The Labute approximate surface area is 126 Å². The van der Waals surface area contributed by atoms with E-state index in [1.165, 1.54) is 12.1 Å². The van der Waals surface area contributed by atoms with Gasteiger partial charge in [0, 0.05) is 6.54 Å². The molecule has 0 atom stereocenters. The Morgan fingerprint density at radius 2 is 1.55 bits per heavy atom. The summed E-state index contributed by atoms with van der Waals surface area (Å²) in [6, 6.07) is 9.72. The lowest BCUT2D eigenvalue weighted by atomic mass is 10.1. The Bertz CT molecular complexity index is 641. The van der Waals surface area contributed by atoms with Crippen LogP contribution in [0, 0.1) is 17.5 Å². The minimum absolute atomic E-state index is 0.237. The first-order valence-corrected chi connectivity index (χ1v) is 6.76. The molecular formula is C16H15F3N2O. The van der Waals surface area contributed by atoms with Crippen LogP contribution in [-0.4, -0.2) is 19.0 Å². The number of carbonyl (C=O) groups is 1. The van der Waals surface area contributed by atoms with Crippen LogP contribution in [0.1, 0.15) is 5.56 Å². The van der Waals surface area contributed by atoms with E-state index < -0.39 is 17.5 Å². The quantitative estimate of drug-likeness (QED) is 0.861. The Balaban J connectivity index is 1.78. The maximum absolute atomic E-state index is 13.4. The Morgan fingerprint density at radius 1 is 0.909 bits per heavy atom. The number of hydrogen-bond donors (Lipinski definition) is 2. The number of hydrogen-bond acceptors (Lipinski definition) is 2. The molecular weight excluding hydrogens is 293 g/mol. The summed E-state index contributed by atoms with van der Waals surface area (Å²) in [7, 11) is 0. The highest BCUT2D eigenvalue weighted by Gasteiger charge is 2.09. The van der Waals surface area contributed by atoms with Crippen LogP contribution in [0.2, 0.25) is 0 Å². The zero-order chi connectivity index (χ0) is 15.9. The van der Waals surface area contributed by atoms with E-state index in [9.17, 15) is 18.0 Å². The fraction of sp³-hybridized carbons (Fsp3) is 0.188. The lowest BCUT2D eigenvalue weighted by Gasteiger charge is -2.09. The van der Waals surface area contributed by atoms with Gasteiger partial charge in [0.1, 0.15) is 23.1 Å². The van der Waals surface area contributed by atoms with Crippen molar-refractivity contribution in [3.8, 4) is 0 Å². The topological polar surface area (TPSA) is 41.1 Å². The number of halogens is 3. The summed E-state index contributed by atoms with van der Waals surface area (Å²) in [4.78, 5) is 11.6. The molecule has 2 rings (SSSR count). The van der Waals surface area contributed by atoms with Gasteiger partial charge < -0.3 is 10.6 Å². The number of rotatable bonds is 6. The summed E-state index contributed by atoms with van der Waals surface area (Å²) in [5, 5.41) is 4.96. The molecule has 22 heavy (non-hydrogen) atoms. The van der Waals surface area contributed by atoms with Crippen LogP contribution in [0.15, 0.2) is 42.5 Å². The van der Waals surface area contributed by atoms with Crippen molar-refractivity contribution in [2.45, 2.75) is 6.42 Å². The van der Waals surface area contributed by atoms with Gasteiger partial charge in [0.25, 0.3) is 0 Å². The number of nitrogens with one attached hydrogen (secondary N) is 2. The van der Waals surface area contributed by atoms with Gasteiger partial charge in [0.2, 0.25) is 5.91 Å². The molecule has 0 bridgehead atoms. The van der Waals surface area contributed by atoms with Crippen molar-refractivity contribution in [3.05, 3.63) is 65.5 Å². The number of anilines is 1. The van der Waals surface area contributed by atoms with E-state index in [-0.39, 0.29) is 24.6 Å². The number of amides is 1. The summed E-state index contributed by atoms with van der Waals surface area (Å²) >= 11 is 0. The van der Waals surface area contributed by atoms with E-state index in [2.05, 4.69) is 10.6 Å².